The minimum absolute atomic E-state index is 0.444. The molecule has 2 N–H and O–H groups in total. The van der Waals surface area contributed by atoms with Gasteiger partial charge in [-0.25, -0.2) is 0 Å². The summed E-state index contributed by atoms with van der Waals surface area (Å²) >= 11 is 0. The molecule has 2 atom stereocenters. The number of nitrogens with one attached hydrogen (secondary N) is 1. The van der Waals surface area contributed by atoms with Gasteiger partial charge in [-0.3, -0.25) is 4.79 Å². The van der Waals surface area contributed by atoms with E-state index in [4.69, 9.17) is 9.84 Å². The number of aliphatic hydroxyl groups is 1. The summed E-state index contributed by atoms with van der Waals surface area (Å²) in [6.45, 7) is -0.387. The van der Waals surface area contributed by atoms with Crippen LogP contribution in [0.3, 0.4) is 0 Å². The zero-order valence-electron chi connectivity index (χ0n) is 8.59. The van der Waals surface area contributed by atoms with E-state index in [2.05, 4.69) is 0 Å². The largest absolute Gasteiger partial charge is 0.416 e. The van der Waals surface area contributed by atoms with E-state index in [1.807, 2.05) is 5.32 Å². The van der Waals surface area contributed by atoms with E-state index in [1.165, 1.54) is 0 Å². The third-order valence-corrected chi connectivity index (χ3v) is 2.32. The molecule has 0 aromatic rings. The molecule has 16 heavy (non-hydrogen) atoms. The van der Waals surface area contributed by atoms with Crippen LogP contribution < -0.4 is 5.32 Å². The lowest BCUT2D eigenvalue weighted by Gasteiger charge is -2.22. The number of hydrogen-bond donors (Lipinski definition) is 2. The van der Waals surface area contributed by atoms with Gasteiger partial charge in [-0.15, -0.1) is 0 Å². The Balaban J connectivity index is 2.29. The Morgan fingerprint density at radius 1 is 1.50 bits per heavy atom. The van der Waals surface area contributed by atoms with Crippen LogP contribution in [0.25, 0.3) is 0 Å². The summed E-state index contributed by atoms with van der Waals surface area (Å²) in [7, 11) is 0. The first-order valence-electron chi connectivity index (χ1n) is 5.05. The summed E-state index contributed by atoms with van der Waals surface area (Å²) in [5.41, 5.74) is 0. The van der Waals surface area contributed by atoms with Gasteiger partial charge in [-0.1, -0.05) is 0 Å². The Labute approximate surface area is 90.8 Å². The zero-order valence-corrected chi connectivity index (χ0v) is 8.59. The molecule has 0 saturated carbocycles. The molecule has 1 amide bonds. The summed E-state index contributed by atoms with van der Waals surface area (Å²) in [6, 6.07) is 0. The maximum Gasteiger partial charge on any atom is 0.416 e. The van der Waals surface area contributed by atoms with Gasteiger partial charge in [0.15, 0.2) is 6.10 Å². The second kappa shape index (κ2) is 5.49. The molecule has 4 nitrogen and oxygen atoms in total. The quantitative estimate of drug-likeness (QED) is 0.760. The van der Waals surface area contributed by atoms with Crippen LogP contribution in [0.4, 0.5) is 13.2 Å². The number of carbonyl (C=O) groups excluding carboxylic acids is 1. The molecule has 94 valence electrons. The first-order chi connectivity index (χ1) is 7.41. The summed E-state index contributed by atoms with van der Waals surface area (Å²) in [6.07, 6.45) is -5.74. The molecular formula is C9H14F3NO3. The van der Waals surface area contributed by atoms with Crippen molar-refractivity contribution in [3.63, 3.8) is 0 Å². The SMILES string of the molecule is O=C(NCC(O)C(F)(F)F)C1CCCCO1. The minimum Gasteiger partial charge on any atom is -0.382 e. The van der Waals surface area contributed by atoms with Gasteiger partial charge < -0.3 is 15.2 Å². The number of amides is 1. The molecule has 1 aliphatic rings. The maximum atomic E-state index is 11.9. The molecule has 0 spiro atoms. The lowest BCUT2D eigenvalue weighted by molar-refractivity contribution is -0.202. The molecule has 0 aliphatic carbocycles. The lowest BCUT2D eigenvalue weighted by atomic mass is 10.1. The van der Waals surface area contributed by atoms with Gasteiger partial charge in [0.2, 0.25) is 5.91 Å². The van der Waals surface area contributed by atoms with E-state index in [9.17, 15) is 18.0 Å². The Morgan fingerprint density at radius 2 is 2.19 bits per heavy atom. The minimum atomic E-state index is -4.71. The van der Waals surface area contributed by atoms with E-state index in [0.717, 1.165) is 12.8 Å². The molecule has 0 aromatic carbocycles. The van der Waals surface area contributed by atoms with Crippen LogP contribution in [0.5, 0.6) is 0 Å². The van der Waals surface area contributed by atoms with Gasteiger partial charge >= 0.3 is 6.18 Å². The van der Waals surface area contributed by atoms with Crippen molar-refractivity contribution in [3.8, 4) is 0 Å². The molecule has 7 heteroatoms. The Kier molecular flexibility index (Phi) is 4.55. The van der Waals surface area contributed by atoms with Crippen molar-refractivity contribution in [2.24, 2.45) is 0 Å². The van der Waals surface area contributed by atoms with Crippen LogP contribution in [0.1, 0.15) is 19.3 Å². The molecule has 1 fully saturated rings. The van der Waals surface area contributed by atoms with Crippen molar-refractivity contribution >= 4 is 5.91 Å². The fourth-order valence-corrected chi connectivity index (χ4v) is 1.37. The summed E-state index contributed by atoms with van der Waals surface area (Å²) < 4.78 is 40.8. The fourth-order valence-electron chi connectivity index (χ4n) is 1.37. The van der Waals surface area contributed by atoms with Crippen molar-refractivity contribution in [2.75, 3.05) is 13.2 Å². The fraction of sp³-hybridized carbons (Fsp3) is 0.889. The molecule has 0 bridgehead atoms. The molecule has 0 aromatic heterocycles. The van der Waals surface area contributed by atoms with Crippen molar-refractivity contribution in [1.82, 2.24) is 5.32 Å². The Morgan fingerprint density at radius 3 is 2.69 bits per heavy atom. The van der Waals surface area contributed by atoms with Gasteiger partial charge in [0.1, 0.15) is 6.10 Å². The number of halogens is 3. The predicted octanol–water partition coefficient (Wildman–Crippen LogP) is 0.595. The average Bonchev–Trinajstić information content (AvgIpc) is 2.25. The molecule has 1 rings (SSSR count). The van der Waals surface area contributed by atoms with Gasteiger partial charge in [-0.05, 0) is 19.3 Å². The van der Waals surface area contributed by atoms with E-state index >= 15 is 0 Å². The topological polar surface area (TPSA) is 58.6 Å². The summed E-state index contributed by atoms with van der Waals surface area (Å²) in [4.78, 5) is 11.3. The average molecular weight is 241 g/mol. The van der Waals surface area contributed by atoms with Crippen LogP contribution >= 0.6 is 0 Å². The highest BCUT2D eigenvalue weighted by molar-refractivity contribution is 5.80. The highest BCUT2D eigenvalue weighted by Crippen LogP contribution is 2.19. The normalized spacial score (nSPS) is 23.9. The van der Waals surface area contributed by atoms with Gasteiger partial charge in [-0.2, -0.15) is 13.2 Å². The highest BCUT2D eigenvalue weighted by atomic mass is 19.4. The molecule has 1 aliphatic heterocycles. The van der Waals surface area contributed by atoms with Crippen LogP contribution in [-0.4, -0.2) is 42.5 Å². The van der Waals surface area contributed by atoms with E-state index in [1.54, 1.807) is 0 Å². The van der Waals surface area contributed by atoms with E-state index in [0.29, 0.717) is 13.0 Å². The van der Waals surface area contributed by atoms with E-state index < -0.39 is 30.8 Å². The maximum absolute atomic E-state index is 11.9. The Bertz CT molecular complexity index is 239. The van der Waals surface area contributed by atoms with Gasteiger partial charge in [0, 0.05) is 6.61 Å². The first-order valence-corrected chi connectivity index (χ1v) is 5.05. The second-order valence-electron chi connectivity index (χ2n) is 3.66. The smallest absolute Gasteiger partial charge is 0.382 e. The number of aliphatic hydroxyl groups excluding tert-OH is 1. The van der Waals surface area contributed by atoms with Crippen LogP contribution in [0.2, 0.25) is 0 Å². The monoisotopic (exact) mass is 241 g/mol. The summed E-state index contributed by atoms with van der Waals surface area (Å²) in [5, 5.41) is 10.7. The second-order valence-corrected chi connectivity index (χ2v) is 3.66. The number of hydrogen-bond acceptors (Lipinski definition) is 3. The lowest BCUT2D eigenvalue weighted by Crippen LogP contribution is -2.45. The van der Waals surface area contributed by atoms with Crippen LogP contribution in [0, 0.1) is 0 Å². The third-order valence-electron chi connectivity index (χ3n) is 2.32. The number of ether oxygens (including phenoxy) is 1. The van der Waals surface area contributed by atoms with E-state index in [-0.39, 0.29) is 0 Å². The van der Waals surface area contributed by atoms with Crippen molar-refractivity contribution in [1.29, 1.82) is 0 Å². The molecule has 2 unspecified atom stereocenters. The molecule has 1 heterocycles. The number of rotatable bonds is 3. The Hall–Kier alpha value is -0.820. The van der Waals surface area contributed by atoms with Crippen LogP contribution in [0.15, 0.2) is 0 Å². The third kappa shape index (κ3) is 3.97. The van der Waals surface area contributed by atoms with Gasteiger partial charge in [0.25, 0.3) is 0 Å². The number of alkyl halides is 3. The van der Waals surface area contributed by atoms with Crippen LogP contribution in [-0.2, 0) is 9.53 Å². The van der Waals surface area contributed by atoms with Crippen molar-refractivity contribution < 1.29 is 27.8 Å². The number of carbonyl (C=O) groups is 1. The first kappa shape index (κ1) is 13.2. The zero-order chi connectivity index (χ0) is 12.2. The van der Waals surface area contributed by atoms with Crippen molar-refractivity contribution in [2.45, 2.75) is 37.6 Å². The summed E-state index contributed by atoms with van der Waals surface area (Å²) in [5.74, 6) is -0.594. The highest BCUT2D eigenvalue weighted by Gasteiger charge is 2.38. The molecular weight excluding hydrogens is 227 g/mol. The molecule has 1 saturated heterocycles. The standard InChI is InChI=1S/C9H14F3NO3/c10-9(11,12)7(14)5-13-8(15)6-3-1-2-4-16-6/h6-7,14H,1-5H2,(H,13,15). The van der Waals surface area contributed by atoms with Gasteiger partial charge in [0.05, 0.1) is 6.54 Å². The van der Waals surface area contributed by atoms with Crippen molar-refractivity contribution in [3.05, 3.63) is 0 Å². The predicted molar refractivity (Wildman–Crippen MR) is 48.7 cm³/mol. The molecule has 0 radical (unpaired) electrons.